The first-order valence-electron chi connectivity index (χ1n) is 8.71. The maximum absolute atomic E-state index is 11.7. The van der Waals surface area contributed by atoms with Gasteiger partial charge in [-0.2, -0.15) is 0 Å². The number of hydrogen-bond donors (Lipinski definition) is 3. The molecule has 0 amide bonds. The highest BCUT2D eigenvalue weighted by Crippen LogP contribution is 2.27. The van der Waals surface area contributed by atoms with Crippen molar-refractivity contribution in [3.05, 3.63) is 71.5 Å². The van der Waals surface area contributed by atoms with Crippen molar-refractivity contribution in [1.29, 1.82) is 5.41 Å². The largest absolute Gasteiger partial charge is 0.464 e. The first-order valence-corrected chi connectivity index (χ1v) is 8.71. The minimum atomic E-state index is -0.512. The molecule has 3 aromatic rings. The lowest BCUT2D eigenvalue weighted by molar-refractivity contribution is 0.0594. The van der Waals surface area contributed by atoms with Gasteiger partial charge in [-0.3, -0.25) is 4.98 Å². The van der Waals surface area contributed by atoms with Crippen LogP contribution in [0.5, 0.6) is 0 Å². The lowest BCUT2D eigenvalue weighted by Gasteiger charge is -2.12. The number of carbonyl (C=O) groups excluding carboxylic acids is 1. The summed E-state index contributed by atoms with van der Waals surface area (Å²) < 4.78 is 4.71. The maximum atomic E-state index is 11.7. The normalized spacial score (nSPS) is 11.5. The van der Waals surface area contributed by atoms with Gasteiger partial charge in [0.25, 0.3) is 0 Å². The van der Waals surface area contributed by atoms with Crippen molar-refractivity contribution < 1.29 is 9.53 Å². The Morgan fingerprint density at radius 1 is 1.18 bits per heavy atom. The predicted octanol–water partition coefficient (Wildman–Crippen LogP) is 3.69. The van der Waals surface area contributed by atoms with Crippen LogP contribution in [0.15, 0.2) is 54.6 Å². The molecule has 7 heteroatoms. The zero-order valence-corrected chi connectivity index (χ0v) is 15.6. The SMILES string of the molecule is COC(=O)c1cccc(Nc2cc(-c3cccc(C(C)N)n3)ccc2C=N)n1. The van der Waals surface area contributed by atoms with Crippen molar-refractivity contribution >= 4 is 23.7 Å². The third-order valence-corrected chi connectivity index (χ3v) is 4.15. The third-order valence-electron chi connectivity index (χ3n) is 4.15. The Morgan fingerprint density at radius 3 is 2.68 bits per heavy atom. The molecule has 28 heavy (non-hydrogen) atoms. The van der Waals surface area contributed by atoms with Gasteiger partial charge >= 0.3 is 5.97 Å². The van der Waals surface area contributed by atoms with E-state index in [4.69, 9.17) is 15.9 Å². The van der Waals surface area contributed by atoms with E-state index in [0.29, 0.717) is 17.1 Å². The van der Waals surface area contributed by atoms with Gasteiger partial charge in [0.1, 0.15) is 5.82 Å². The monoisotopic (exact) mass is 375 g/mol. The number of pyridine rings is 2. The topological polar surface area (TPSA) is 114 Å². The number of nitrogens with zero attached hydrogens (tertiary/aromatic N) is 2. The van der Waals surface area contributed by atoms with E-state index in [0.717, 1.165) is 17.0 Å². The summed E-state index contributed by atoms with van der Waals surface area (Å²) in [5.41, 5.74) is 9.95. The molecule has 0 saturated heterocycles. The van der Waals surface area contributed by atoms with Gasteiger partial charge in [0.2, 0.25) is 0 Å². The number of aromatic nitrogens is 2. The molecule has 0 aliphatic rings. The summed E-state index contributed by atoms with van der Waals surface area (Å²) in [4.78, 5) is 20.6. The second kappa shape index (κ2) is 8.41. The average molecular weight is 375 g/mol. The van der Waals surface area contributed by atoms with Gasteiger partial charge in [-0.25, -0.2) is 9.78 Å². The number of nitrogens with one attached hydrogen (secondary N) is 2. The van der Waals surface area contributed by atoms with E-state index in [9.17, 15) is 4.79 Å². The molecule has 4 N–H and O–H groups in total. The number of ether oxygens (including phenoxy) is 1. The molecule has 0 aliphatic carbocycles. The summed E-state index contributed by atoms with van der Waals surface area (Å²) in [5.74, 6) is -0.0398. The van der Waals surface area contributed by atoms with Crippen LogP contribution in [0.25, 0.3) is 11.3 Å². The highest BCUT2D eigenvalue weighted by atomic mass is 16.5. The lowest BCUT2D eigenvalue weighted by Crippen LogP contribution is -2.07. The van der Waals surface area contributed by atoms with E-state index < -0.39 is 5.97 Å². The standard InChI is InChI=1S/C21H21N5O2/c1-13(23)16-5-3-6-17(24-16)14-9-10-15(12-22)19(11-14)26-20-8-4-7-18(25-20)21(27)28-2/h3-13,22H,23H2,1-2H3,(H,25,26). The molecule has 2 aromatic heterocycles. The van der Waals surface area contributed by atoms with Crippen LogP contribution < -0.4 is 11.1 Å². The molecule has 0 spiro atoms. The molecule has 1 unspecified atom stereocenters. The van der Waals surface area contributed by atoms with E-state index in [1.807, 2.05) is 43.3 Å². The van der Waals surface area contributed by atoms with Crippen molar-refractivity contribution in [3.63, 3.8) is 0 Å². The van der Waals surface area contributed by atoms with Crippen molar-refractivity contribution in [2.24, 2.45) is 5.73 Å². The minimum absolute atomic E-state index is 0.163. The minimum Gasteiger partial charge on any atom is -0.464 e. The molecule has 0 saturated carbocycles. The Kier molecular flexibility index (Phi) is 5.76. The van der Waals surface area contributed by atoms with Crippen LogP contribution in [0.3, 0.4) is 0 Å². The van der Waals surface area contributed by atoms with E-state index in [1.54, 1.807) is 18.2 Å². The average Bonchev–Trinajstić information content (AvgIpc) is 2.73. The van der Waals surface area contributed by atoms with Crippen molar-refractivity contribution in [2.75, 3.05) is 12.4 Å². The molecule has 2 heterocycles. The van der Waals surface area contributed by atoms with Gasteiger partial charge in [0.05, 0.1) is 18.5 Å². The summed E-state index contributed by atoms with van der Waals surface area (Å²) in [6, 6.07) is 16.2. The van der Waals surface area contributed by atoms with Gasteiger partial charge in [0.15, 0.2) is 5.69 Å². The highest BCUT2D eigenvalue weighted by molar-refractivity contribution is 5.90. The van der Waals surface area contributed by atoms with Crippen LogP contribution >= 0.6 is 0 Å². The molecule has 0 radical (unpaired) electrons. The van der Waals surface area contributed by atoms with Crippen molar-refractivity contribution in [3.8, 4) is 11.3 Å². The molecule has 3 rings (SSSR count). The van der Waals surface area contributed by atoms with Gasteiger partial charge in [-0.15, -0.1) is 0 Å². The fourth-order valence-corrected chi connectivity index (χ4v) is 2.68. The number of hydrogen-bond acceptors (Lipinski definition) is 7. The Balaban J connectivity index is 1.97. The van der Waals surface area contributed by atoms with E-state index >= 15 is 0 Å². The number of methoxy groups -OCH3 is 1. The number of esters is 1. The Bertz CT molecular complexity index is 1020. The summed E-state index contributed by atoms with van der Waals surface area (Å²) in [7, 11) is 1.31. The maximum Gasteiger partial charge on any atom is 0.356 e. The molecule has 1 aromatic carbocycles. The number of rotatable bonds is 6. The Morgan fingerprint density at radius 2 is 1.96 bits per heavy atom. The third kappa shape index (κ3) is 4.21. The second-order valence-electron chi connectivity index (χ2n) is 6.21. The van der Waals surface area contributed by atoms with E-state index in [-0.39, 0.29) is 11.7 Å². The van der Waals surface area contributed by atoms with Crippen LogP contribution in [-0.4, -0.2) is 29.3 Å². The zero-order chi connectivity index (χ0) is 20.1. The van der Waals surface area contributed by atoms with Gasteiger partial charge in [-0.05, 0) is 37.3 Å². The summed E-state index contributed by atoms with van der Waals surface area (Å²) in [5, 5.41) is 10.8. The summed E-state index contributed by atoms with van der Waals surface area (Å²) in [6.45, 7) is 1.89. The Labute approximate surface area is 163 Å². The molecule has 7 nitrogen and oxygen atoms in total. The lowest BCUT2D eigenvalue weighted by atomic mass is 10.1. The van der Waals surface area contributed by atoms with Gasteiger partial charge in [0, 0.05) is 29.1 Å². The summed E-state index contributed by atoms with van der Waals surface area (Å²) in [6.07, 6.45) is 1.25. The second-order valence-corrected chi connectivity index (χ2v) is 6.21. The highest BCUT2D eigenvalue weighted by Gasteiger charge is 2.11. The van der Waals surface area contributed by atoms with Crippen molar-refractivity contribution in [2.45, 2.75) is 13.0 Å². The first-order chi connectivity index (χ1) is 13.5. The number of nitrogens with two attached hydrogens (primary N) is 1. The fourth-order valence-electron chi connectivity index (χ4n) is 2.68. The Hall–Kier alpha value is -3.58. The van der Waals surface area contributed by atoms with Crippen LogP contribution in [0, 0.1) is 5.41 Å². The quantitative estimate of drug-likeness (QED) is 0.447. The molecule has 142 valence electrons. The van der Waals surface area contributed by atoms with E-state index in [2.05, 4.69) is 15.3 Å². The van der Waals surface area contributed by atoms with Gasteiger partial charge in [-0.1, -0.05) is 24.3 Å². The smallest absolute Gasteiger partial charge is 0.356 e. The molecular formula is C21H21N5O2. The molecule has 1 atom stereocenters. The van der Waals surface area contributed by atoms with Crippen LogP contribution in [-0.2, 0) is 4.74 Å². The summed E-state index contributed by atoms with van der Waals surface area (Å²) >= 11 is 0. The molecular weight excluding hydrogens is 354 g/mol. The van der Waals surface area contributed by atoms with Crippen LogP contribution in [0.1, 0.15) is 34.7 Å². The number of carbonyl (C=O) groups is 1. The predicted molar refractivity (Wildman–Crippen MR) is 109 cm³/mol. The molecule has 0 aliphatic heterocycles. The van der Waals surface area contributed by atoms with Crippen LogP contribution in [0.4, 0.5) is 11.5 Å². The first kappa shape index (κ1) is 19.2. The number of anilines is 2. The van der Waals surface area contributed by atoms with E-state index in [1.165, 1.54) is 13.3 Å². The van der Waals surface area contributed by atoms with Crippen molar-refractivity contribution in [1.82, 2.24) is 9.97 Å². The van der Waals surface area contributed by atoms with Gasteiger partial charge < -0.3 is 21.2 Å². The molecule has 0 bridgehead atoms. The number of benzene rings is 1. The zero-order valence-electron chi connectivity index (χ0n) is 15.6. The fraction of sp³-hybridized carbons (Fsp3) is 0.143. The van der Waals surface area contributed by atoms with Crippen LogP contribution in [0.2, 0.25) is 0 Å². The molecule has 0 fully saturated rings.